The lowest BCUT2D eigenvalue weighted by atomic mass is 10.1. The summed E-state index contributed by atoms with van der Waals surface area (Å²) in [6.45, 7) is 1.93. The van der Waals surface area contributed by atoms with Crippen LogP contribution in [0, 0.1) is 0 Å². The molecule has 0 saturated carbocycles. The summed E-state index contributed by atoms with van der Waals surface area (Å²) in [5.41, 5.74) is -1.12. The van der Waals surface area contributed by atoms with Gasteiger partial charge in [0.2, 0.25) is 0 Å². The summed E-state index contributed by atoms with van der Waals surface area (Å²) < 4.78 is 38.1. The number of benzene rings is 1. The predicted octanol–water partition coefficient (Wildman–Crippen LogP) is 4.03. The molecule has 0 atom stereocenters. The largest absolute Gasteiger partial charge is 0.437 e. The van der Waals surface area contributed by atoms with Crippen LogP contribution in [0.1, 0.15) is 18.9 Å². The summed E-state index contributed by atoms with van der Waals surface area (Å²) in [7, 11) is 0. The molecule has 0 spiro atoms. The van der Waals surface area contributed by atoms with Gasteiger partial charge in [-0.15, -0.1) is 0 Å². The average molecular weight is 266 g/mol. The summed E-state index contributed by atoms with van der Waals surface area (Å²) in [5, 5.41) is 3.50. The van der Waals surface area contributed by atoms with Crippen molar-refractivity contribution < 1.29 is 18.0 Å². The second kappa shape index (κ2) is 5.91. The fourth-order valence-electron chi connectivity index (χ4n) is 1.08. The lowest BCUT2D eigenvalue weighted by Crippen LogP contribution is -2.24. The first-order chi connectivity index (χ1) is 7.95. The minimum absolute atomic E-state index is 0.0713. The number of hydrogen-bond acceptors (Lipinski definition) is 2. The normalized spacial score (nSPS) is 12.6. The zero-order chi connectivity index (χ0) is 12.9. The van der Waals surface area contributed by atoms with E-state index in [9.17, 15) is 13.2 Å². The number of hydrogen-bond donors (Lipinski definition) is 0. The number of alkyl halides is 3. The summed E-state index contributed by atoms with van der Waals surface area (Å²) in [6.07, 6.45) is -3.96. The molecule has 1 aromatic carbocycles. The first-order valence-electron chi connectivity index (χ1n) is 4.98. The van der Waals surface area contributed by atoms with Crippen molar-refractivity contribution in [2.75, 3.05) is 6.61 Å². The monoisotopic (exact) mass is 265 g/mol. The van der Waals surface area contributed by atoms with Crippen LogP contribution in [0.25, 0.3) is 0 Å². The molecule has 0 radical (unpaired) electrons. The van der Waals surface area contributed by atoms with Gasteiger partial charge in [-0.1, -0.05) is 35.8 Å². The molecule has 0 bridgehead atoms. The maximum absolute atomic E-state index is 12.7. The van der Waals surface area contributed by atoms with Gasteiger partial charge in [0.05, 0.1) is 0 Å². The van der Waals surface area contributed by atoms with E-state index in [-0.39, 0.29) is 12.2 Å². The van der Waals surface area contributed by atoms with E-state index in [4.69, 9.17) is 11.6 Å². The smallest absolute Gasteiger partial charge is 0.395 e. The van der Waals surface area contributed by atoms with Crippen molar-refractivity contribution in [1.29, 1.82) is 0 Å². The first-order valence-corrected chi connectivity index (χ1v) is 5.36. The van der Waals surface area contributed by atoms with E-state index >= 15 is 0 Å². The van der Waals surface area contributed by atoms with E-state index in [0.29, 0.717) is 11.4 Å². The van der Waals surface area contributed by atoms with Crippen LogP contribution in [0.3, 0.4) is 0 Å². The van der Waals surface area contributed by atoms with Crippen molar-refractivity contribution in [1.82, 2.24) is 0 Å². The van der Waals surface area contributed by atoms with Crippen LogP contribution >= 0.6 is 11.6 Å². The Balaban J connectivity index is 2.98. The van der Waals surface area contributed by atoms with Crippen LogP contribution in [-0.2, 0) is 4.84 Å². The van der Waals surface area contributed by atoms with Crippen molar-refractivity contribution in [3.05, 3.63) is 34.9 Å². The highest BCUT2D eigenvalue weighted by molar-refractivity contribution is 6.30. The van der Waals surface area contributed by atoms with Crippen LogP contribution < -0.4 is 0 Å². The van der Waals surface area contributed by atoms with Crippen LogP contribution in [0.4, 0.5) is 13.2 Å². The fraction of sp³-hybridized carbons (Fsp3) is 0.364. The van der Waals surface area contributed by atoms with E-state index in [1.54, 1.807) is 6.92 Å². The van der Waals surface area contributed by atoms with Crippen molar-refractivity contribution in [2.45, 2.75) is 19.5 Å². The Kier molecular flexibility index (Phi) is 4.81. The molecule has 0 fully saturated rings. The highest BCUT2D eigenvalue weighted by atomic mass is 35.5. The minimum Gasteiger partial charge on any atom is -0.395 e. The highest BCUT2D eigenvalue weighted by Crippen LogP contribution is 2.23. The molecule has 0 unspecified atom stereocenters. The molecular formula is C11H11ClF3NO. The second-order valence-corrected chi connectivity index (χ2v) is 3.71. The molecule has 0 amide bonds. The molecule has 0 saturated heterocycles. The van der Waals surface area contributed by atoms with Crippen LogP contribution in [0.15, 0.2) is 29.4 Å². The zero-order valence-corrected chi connectivity index (χ0v) is 9.85. The van der Waals surface area contributed by atoms with E-state index in [1.807, 2.05) is 0 Å². The van der Waals surface area contributed by atoms with Gasteiger partial charge in [0, 0.05) is 10.6 Å². The van der Waals surface area contributed by atoms with Crippen molar-refractivity contribution in [2.24, 2.45) is 5.16 Å². The van der Waals surface area contributed by atoms with Gasteiger partial charge >= 0.3 is 6.18 Å². The molecule has 0 aliphatic heterocycles. The summed E-state index contributed by atoms with van der Waals surface area (Å²) in [5.74, 6) is 0. The number of oxime groups is 1. The Morgan fingerprint density at radius 1 is 1.29 bits per heavy atom. The number of rotatable bonds is 4. The molecule has 17 heavy (non-hydrogen) atoms. The third-order valence-corrected chi connectivity index (χ3v) is 2.09. The van der Waals surface area contributed by atoms with Gasteiger partial charge in [0.1, 0.15) is 6.61 Å². The Morgan fingerprint density at radius 3 is 2.35 bits per heavy atom. The summed E-state index contributed by atoms with van der Waals surface area (Å²) in [4.78, 5) is 4.59. The van der Waals surface area contributed by atoms with E-state index in [0.717, 1.165) is 0 Å². The molecule has 0 aromatic heterocycles. The van der Waals surface area contributed by atoms with Crippen LogP contribution in [0.5, 0.6) is 0 Å². The molecule has 0 aliphatic carbocycles. The topological polar surface area (TPSA) is 21.6 Å². The summed E-state index contributed by atoms with van der Waals surface area (Å²) >= 11 is 5.61. The number of halogens is 4. The maximum Gasteiger partial charge on any atom is 0.437 e. The SMILES string of the molecule is CCCON=C(c1ccc(Cl)cc1)C(F)(F)F. The van der Waals surface area contributed by atoms with Crippen molar-refractivity contribution in [3.63, 3.8) is 0 Å². The standard InChI is InChI=1S/C11H11ClF3NO/c1-2-7-17-16-10(11(13,14)15)8-3-5-9(12)6-4-8/h3-6H,2,7H2,1H3. The van der Waals surface area contributed by atoms with Gasteiger partial charge in [-0.2, -0.15) is 13.2 Å². The highest BCUT2D eigenvalue weighted by Gasteiger charge is 2.37. The van der Waals surface area contributed by atoms with E-state index in [2.05, 4.69) is 9.99 Å². The Hall–Kier alpha value is -1.23. The number of nitrogens with zero attached hydrogens (tertiary/aromatic N) is 1. The first kappa shape index (κ1) is 13.8. The molecular weight excluding hydrogens is 255 g/mol. The molecule has 94 valence electrons. The molecule has 1 aromatic rings. The van der Waals surface area contributed by atoms with Gasteiger partial charge in [-0.25, -0.2) is 0 Å². The van der Waals surface area contributed by atoms with Gasteiger partial charge in [0.15, 0.2) is 5.71 Å². The fourth-order valence-corrected chi connectivity index (χ4v) is 1.20. The molecule has 6 heteroatoms. The van der Waals surface area contributed by atoms with Gasteiger partial charge in [0.25, 0.3) is 0 Å². The van der Waals surface area contributed by atoms with E-state index < -0.39 is 11.9 Å². The quantitative estimate of drug-likeness (QED) is 0.457. The summed E-state index contributed by atoms with van der Waals surface area (Å²) in [6, 6.07) is 5.25. The minimum atomic E-state index is -4.55. The van der Waals surface area contributed by atoms with Gasteiger partial charge < -0.3 is 4.84 Å². The Labute approximate surface area is 102 Å². The third-order valence-electron chi connectivity index (χ3n) is 1.84. The van der Waals surface area contributed by atoms with Gasteiger partial charge in [-0.3, -0.25) is 0 Å². The molecule has 1 rings (SSSR count). The average Bonchev–Trinajstić information content (AvgIpc) is 2.25. The van der Waals surface area contributed by atoms with E-state index in [1.165, 1.54) is 24.3 Å². The van der Waals surface area contributed by atoms with Gasteiger partial charge in [-0.05, 0) is 18.6 Å². The molecule has 0 heterocycles. The second-order valence-electron chi connectivity index (χ2n) is 3.28. The molecule has 0 N–H and O–H groups in total. The van der Waals surface area contributed by atoms with Crippen LogP contribution in [0.2, 0.25) is 5.02 Å². The lowest BCUT2D eigenvalue weighted by molar-refractivity contribution is -0.0614. The van der Waals surface area contributed by atoms with Crippen molar-refractivity contribution >= 4 is 17.3 Å². The predicted molar refractivity (Wildman–Crippen MR) is 60.3 cm³/mol. The van der Waals surface area contributed by atoms with Crippen molar-refractivity contribution in [3.8, 4) is 0 Å². The Morgan fingerprint density at radius 2 is 1.88 bits per heavy atom. The molecule has 0 aliphatic rings. The zero-order valence-electron chi connectivity index (χ0n) is 9.09. The lowest BCUT2D eigenvalue weighted by Gasteiger charge is -2.10. The molecule has 2 nitrogen and oxygen atoms in total. The third kappa shape index (κ3) is 4.26. The van der Waals surface area contributed by atoms with Crippen LogP contribution in [-0.4, -0.2) is 18.5 Å². The Bertz CT molecular complexity index is 387. The maximum atomic E-state index is 12.7.